The zero-order chi connectivity index (χ0) is 20.0. The first-order valence-corrected chi connectivity index (χ1v) is 10.7. The number of nitrogens with one attached hydrogen (secondary N) is 1. The van der Waals surface area contributed by atoms with Crippen molar-refractivity contribution in [1.82, 2.24) is 4.31 Å². The van der Waals surface area contributed by atoms with E-state index in [1.54, 1.807) is 18.2 Å². The van der Waals surface area contributed by atoms with Crippen LogP contribution in [0.5, 0.6) is 5.75 Å². The molecule has 2 aromatic rings. The van der Waals surface area contributed by atoms with Crippen molar-refractivity contribution in [2.24, 2.45) is 0 Å². The molecule has 0 atom stereocenters. The lowest BCUT2D eigenvalue weighted by molar-refractivity contribution is -0.111. The van der Waals surface area contributed by atoms with Gasteiger partial charge in [0.15, 0.2) is 0 Å². The average molecular weight is 404 g/mol. The first kappa shape index (κ1) is 20.2. The third kappa shape index (κ3) is 4.82. The molecule has 28 heavy (non-hydrogen) atoms. The molecule has 1 aliphatic heterocycles. The summed E-state index contributed by atoms with van der Waals surface area (Å²) in [6.45, 7) is 3.25. The second-order valence-electron chi connectivity index (χ2n) is 6.39. The fraction of sp³-hybridized carbons (Fsp3) is 0.350. The van der Waals surface area contributed by atoms with Gasteiger partial charge in [0.1, 0.15) is 11.5 Å². The normalized spacial score (nSPS) is 15.6. The SMILES string of the molecule is CCOc1ccc(S(=O)(=O)N2CCCCC2)cc1NC(=O)/C=C/c1ccco1. The van der Waals surface area contributed by atoms with Crippen LogP contribution in [0.4, 0.5) is 5.69 Å². The summed E-state index contributed by atoms with van der Waals surface area (Å²) in [5, 5.41) is 2.70. The predicted molar refractivity (Wildman–Crippen MR) is 107 cm³/mol. The number of amides is 1. The maximum atomic E-state index is 12.9. The van der Waals surface area contributed by atoms with Gasteiger partial charge in [0.2, 0.25) is 15.9 Å². The number of hydrogen-bond donors (Lipinski definition) is 1. The number of carbonyl (C=O) groups is 1. The van der Waals surface area contributed by atoms with Crippen molar-refractivity contribution in [2.75, 3.05) is 25.0 Å². The molecule has 1 aromatic heterocycles. The van der Waals surface area contributed by atoms with Gasteiger partial charge in [-0.1, -0.05) is 6.42 Å². The molecule has 3 rings (SSSR count). The summed E-state index contributed by atoms with van der Waals surface area (Å²) >= 11 is 0. The van der Waals surface area contributed by atoms with Gasteiger partial charge in [0.05, 0.1) is 23.5 Å². The van der Waals surface area contributed by atoms with Crippen LogP contribution in [-0.2, 0) is 14.8 Å². The minimum Gasteiger partial charge on any atom is -0.492 e. The summed E-state index contributed by atoms with van der Waals surface area (Å²) < 4.78 is 38.0. The second kappa shape index (κ2) is 9.07. The molecule has 2 heterocycles. The summed E-state index contributed by atoms with van der Waals surface area (Å²) in [5.41, 5.74) is 0.314. The Morgan fingerprint density at radius 3 is 2.71 bits per heavy atom. The molecule has 1 aromatic carbocycles. The summed E-state index contributed by atoms with van der Waals surface area (Å²) in [6.07, 6.45) is 7.12. The van der Waals surface area contributed by atoms with Crippen molar-refractivity contribution in [3.8, 4) is 5.75 Å². The summed E-state index contributed by atoms with van der Waals surface area (Å²) in [5.74, 6) is 0.548. The molecule has 1 saturated heterocycles. The van der Waals surface area contributed by atoms with Crippen LogP contribution in [0.3, 0.4) is 0 Å². The number of anilines is 1. The van der Waals surface area contributed by atoms with Gasteiger partial charge in [-0.15, -0.1) is 0 Å². The number of rotatable bonds is 7. The van der Waals surface area contributed by atoms with E-state index in [9.17, 15) is 13.2 Å². The highest BCUT2D eigenvalue weighted by Gasteiger charge is 2.26. The fourth-order valence-corrected chi connectivity index (χ4v) is 4.57. The minimum atomic E-state index is -3.61. The highest BCUT2D eigenvalue weighted by molar-refractivity contribution is 7.89. The molecule has 7 nitrogen and oxygen atoms in total. The highest BCUT2D eigenvalue weighted by Crippen LogP contribution is 2.30. The Hall–Kier alpha value is -2.58. The van der Waals surface area contributed by atoms with Gasteiger partial charge in [-0.2, -0.15) is 4.31 Å². The Labute approximate surface area is 165 Å². The van der Waals surface area contributed by atoms with Gasteiger partial charge < -0.3 is 14.5 Å². The van der Waals surface area contributed by atoms with Crippen LogP contribution in [0, 0.1) is 0 Å². The third-order valence-electron chi connectivity index (χ3n) is 4.40. The molecule has 1 fully saturated rings. The smallest absolute Gasteiger partial charge is 0.248 e. The zero-order valence-corrected chi connectivity index (χ0v) is 16.6. The molecule has 0 radical (unpaired) electrons. The molecule has 150 valence electrons. The van der Waals surface area contributed by atoms with Crippen molar-refractivity contribution in [1.29, 1.82) is 0 Å². The highest BCUT2D eigenvalue weighted by atomic mass is 32.2. The minimum absolute atomic E-state index is 0.142. The van der Waals surface area contributed by atoms with Crippen molar-refractivity contribution in [2.45, 2.75) is 31.1 Å². The van der Waals surface area contributed by atoms with E-state index >= 15 is 0 Å². The van der Waals surface area contributed by atoms with E-state index in [2.05, 4.69) is 5.32 Å². The summed E-state index contributed by atoms with van der Waals surface area (Å²) in [6, 6.07) is 7.99. The number of nitrogens with zero attached hydrogens (tertiary/aromatic N) is 1. The van der Waals surface area contributed by atoms with Gasteiger partial charge in [-0.05, 0) is 56.2 Å². The van der Waals surface area contributed by atoms with Crippen LogP contribution in [0.1, 0.15) is 31.9 Å². The molecule has 8 heteroatoms. The first-order valence-electron chi connectivity index (χ1n) is 9.30. The molecular formula is C20H24N2O5S. The van der Waals surface area contributed by atoms with E-state index in [0.717, 1.165) is 19.3 Å². The predicted octanol–water partition coefficient (Wildman–Crippen LogP) is 3.50. The molecule has 0 spiro atoms. The number of piperidine rings is 1. The number of sulfonamides is 1. The van der Waals surface area contributed by atoms with Crippen LogP contribution in [0.25, 0.3) is 6.08 Å². The third-order valence-corrected chi connectivity index (χ3v) is 6.30. The maximum Gasteiger partial charge on any atom is 0.248 e. The lowest BCUT2D eigenvalue weighted by Crippen LogP contribution is -2.35. The second-order valence-corrected chi connectivity index (χ2v) is 8.33. The molecule has 1 aliphatic rings. The number of carbonyl (C=O) groups excluding carboxylic acids is 1. The molecular weight excluding hydrogens is 380 g/mol. The fourth-order valence-electron chi connectivity index (χ4n) is 3.02. The Morgan fingerprint density at radius 1 is 1.25 bits per heavy atom. The summed E-state index contributed by atoms with van der Waals surface area (Å²) in [4.78, 5) is 12.4. The number of benzene rings is 1. The first-order chi connectivity index (χ1) is 13.5. The van der Waals surface area contributed by atoms with Crippen LogP contribution < -0.4 is 10.1 Å². The zero-order valence-electron chi connectivity index (χ0n) is 15.8. The topological polar surface area (TPSA) is 88.9 Å². The quantitative estimate of drug-likeness (QED) is 0.714. The van der Waals surface area contributed by atoms with Gasteiger partial charge >= 0.3 is 0 Å². The molecule has 0 bridgehead atoms. The van der Waals surface area contributed by atoms with Crippen molar-refractivity contribution < 1.29 is 22.4 Å². The van der Waals surface area contributed by atoms with E-state index in [-0.39, 0.29) is 4.90 Å². The van der Waals surface area contributed by atoms with Crippen LogP contribution in [-0.4, -0.2) is 38.3 Å². The maximum absolute atomic E-state index is 12.9. The van der Waals surface area contributed by atoms with E-state index in [4.69, 9.17) is 9.15 Å². The lowest BCUT2D eigenvalue weighted by atomic mass is 10.2. The van der Waals surface area contributed by atoms with E-state index in [1.807, 2.05) is 6.92 Å². The molecule has 0 saturated carbocycles. The standard InChI is InChI=1S/C20H24N2O5S/c1-2-26-19-10-9-17(28(24,25)22-12-4-3-5-13-22)15-18(19)21-20(23)11-8-16-7-6-14-27-16/h6-11,14-15H,2-5,12-13H2,1H3,(H,21,23)/b11-8+. The largest absolute Gasteiger partial charge is 0.492 e. The van der Waals surface area contributed by atoms with E-state index in [1.165, 1.54) is 34.9 Å². The van der Waals surface area contributed by atoms with Gasteiger partial charge in [-0.25, -0.2) is 8.42 Å². The number of hydrogen-bond acceptors (Lipinski definition) is 5. The molecule has 1 amide bonds. The lowest BCUT2D eigenvalue weighted by Gasteiger charge is -2.26. The van der Waals surface area contributed by atoms with Crippen molar-refractivity contribution in [3.05, 3.63) is 48.4 Å². The van der Waals surface area contributed by atoms with Crippen LogP contribution in [0.2, 0.25) is 0 Å². The van der Waals surface area contributed by atoms with Crippen molar-refractivity contribution in [3.63, 3.8) is 0 Å². The Bertz CT molecular complexity index is 930. The summed E-state index contributed by atoms with van der Waals surface area (Å²) in [7, 11) is -3.61. The van der Waals surface area contributed by atoms with E-state index < -0.39 is 15.9 Å². The Morgan fingerprint density at radius 2 is 2.04 bits per heavy atom. The number of ether oxygens (including phenoxy) is 1. The monoisotopic (exact) mass is 404 g/mol. The average Bonchev–Trinajstić information content (AvgIpc) is 3.22. The van der Waals surface area contributed by atoms with Gasteiger partial charge in [0.25, 0.3) is 0 Å². The number of furan rings is 1. The van der Waals surface area contributed by atoms with Gasteiger partial charge in [0, 0.05) is 19.2 Å². The molecule has 1 N–H and O–H groups in total. The molecule has 0 unspecified atom stereocenters. The van der Waals surface area contributed by atoms with Crippen LogP contribution >= 0.6 is 0 Å². The Kier molecular flexibility index (Phi) is 6.53. The molecule has 0 aliphatic carbocycles. The Balaban J connectivity index is 1.83. The van der Waals surface area contributed by atoms with E-state index in [0.29, 0.717) is 36.9 Å². The van der Waals surface area contributed by atoms with Crippen molar-refractivity contribution >= 4 is 27.7 Å². The van der Waals surface area contributed by atoms with Gasteiger partial charge in [-0.3, -0.25) is 4.79 Å². The van der Waals surface area contributed by atoms with Crippen LogP contribution in [0.15, 0.2) is 52.0 Å².